The van der Waals surface area contributed by atoms with Gasteiger partial charge in [-0.05, 0) is 24.3 Å². The number of aromatic amines is 1. The molecule has 0 unspecified atom stereocenters. The molecular formula is C18H16N2O4. The van der Waals surface area contributed by atoms with Crippen molar-refractivity contribution in [2.45, 2.75) is 0 Å². The van der Waals surface area contributed by atoms with Crippen LogP contribution in [0.3, 0.4) is 0 Å². The van der Waals surface area contributed by atoms with E-state index < -0.39 is 0 Å². The van der Waals surface area contributed by atoms with E-state index in [9.17, 15) is 9.59 Å². The van der Waals surface area contributed by atoms with E-state index in [1.807, 2.05) is 6.07 Å². The maximum atomic E-state index is 12.0. The van der Waals surface area contributed by atoms with Crippen molar-refractivity contribution in [3.8, 4) is 11.5 Å². The standard InChI is InChI=1S/C18H16N2O4/c1-23-14-6-3-5-13(10-14)19-17(22)11-24-15-7-2-4-12-8-9-16(21)20-18(12)15/h2-10H,11H2,1H3,(H,19,22)(H,20,21). The number of rotatable bonds is 5. The number of H-pyrrole nitrogens is 1. The van der Waals surface area contributed by atoms with E-state index in [0.717, 1.165) is 5.39 Å². The molecule has 24 heavy (non-hydrogen) atoms. The van der Waals surface area contributed by atoms with Crippen LogP contribution in [0.4, 0.5) is 5.69 Å². The number of nitrogens with one attached hydrogen (secondary N) is 2. The Balaban J connectivity index is 1.70. The van der Waals surface area contributed by atoms with Crippen molar-refractivity contribution in [2.75, 3.05) is 19.0 Å². The molecule has 0 atom stereocenters. The van der Waals surface area contributed by atoms with E-state index in [-0.39, 0.29) is 18.1 Å². The van der Waals surface area contributed by atoms with Gasteiger partial charge in [0, 0.05) is 23.2 Å². The van der Waals surface area contributed by atoms with Crippen molar-refractivity contribution in [1.29, 1.82) is 0 Å². The highest BCUT2D eigenvalue weighted by Gasteiger charge is 2.07. The first-order chi connectivity index (χ1) is 11.7. The lowest BCUT2D eigenvalue weighted by atomic mass is 10.2. The minimum atomic E-state index is -0.307. The molecule has 3 rings (SSSR count). The zero-order chi connectivity index (χ0) is 16.9. The third-order valence-corrected chi connectivity index (χ3v) is 3.43. The monoisotopic (exact) mass is 324 g/mol. The normalized spacial score (nSPS) is 10.4. The molecule has 1 amide bonds. The van der Waals surface area contributed by atoms with Gasteiger partial charge in [0.15, 0.2) is 6.61 Å². The van der Waals surface area contributed by atoms with Crippen LogP contribution in [0.2, 0.25) is 0 Å². The Morgan fingerprint density at radius 2 is 1.96 bits per heavy atom. The molecule has 1 aromatic heterocycles. The van der Waals surface area contributed by atoms with Crippen molar-refractivity contribution < 1.29 is 14.3 Å². The number of ether oxygens (including phenoxy) is 2. The van der Waals surface area contributed by atoms with Gasteiger partial charge < -0.3 is 19.8 Å². The Kier molecular flexibility index (Phi) is 4.47. The summed E-state index contributed by atoms with van der Waals surface area (Å²) in [6.07, 6.45) is 0. The van der Waals surface area contributed by atoms with Crippen LogP contribution in [0.15, 0.2) is 59.4 Å². The van der Waals surface area contributed by atoms with Crippen LogP contribution < -0.4 is 20.3 Å². The van der Waals surface area contributed by atoms with Crippen molar-refractivity contribution in [2.24, 2.45) is 0 Å². The van der Waals surface area contributed by atoms with Gasteiger partial charge in [0.1, 0.15) is 11.5 Å². The van der Waals surface area contributed by atoms with Crippen LogP contribution >= 0.6 is 0 Å². The van der Waals surface area contributed by atoms with Gasteiger partial charge in [0.05, 0.1) is 12.6 Å². The third-order valence-electron chi connectivity index (χ3n) is 3.43. The summed E-state index contributed by atoms with van der Waals surface area (Å²) < 4.78 is 10.7. The van der Waals surface area contributed by atoms with E-state index in [1.54, 1.807) is 49.6 Å². The van der Waals surface area contributed by atoms with Crippen molar-refractivity contribution in [3.63, 3.8) is 0 Å². The first kappa shape index (κ1) is 15.6. The molecule has 0 radical (unpaired) electrons. The number of carbonyl (C=O) groups is 1. The maximum Gasteiger partial charge on any atom is 0.262 e. The van der Waals surface area contributed by atoms with Gasteiger partial charge in [-0.3, -0.25) is 9.59 Å². The fourth-order valence-corrected chi connectivity index (χ4v) is 2.31. The number of aromatic nitrogens is 1. The number of hydrogen-bond acceptors (Lipinski definition) is 4. The molecule has 122 valence electrons. The van der Waals surface area contributed by atoms with Crippen LogP contribution in [-0.2, 0) is 4.79 Å². The molecule has 0 saturated heterocycles. The predicted octanol–water partition coefficient (Wildman–Crippen LogP) is 2.55. The SMILES string of the molecule is COc1cccc(NC(=O)COc2cccc3ccc(=O)[nH]c23)c1. The number of pyridine rings is 1. The highest BCUT2D eigenvalue weighted by atomic mass is 16.5. The summed E-state index contributed by atoms with van der Waals surface area (Å²) in [7, 11) is 1.56. The summed E-state index contributed by atoms with van der Waals surface area (Å²) >= 11 is 0. The van der Waals surface area contributed by atoms with Gasteiger partial charge in [-0.25, -0.2) is 0 Å². The van der Waals surface area contributed by atoms with Crippen molar-refractivity contribution in [1.82, 2.24) is 4.98 Å². The molecule has 6 heteroatoms. The molecule has 1 heterocycles. The number of anilines is 1. The van der Waals surface area contributed by atoms with Crippen LogP contribution in [0.1, 0.15) is 0 Å². The molecule has 0 saturated carbocycles. The second-order valence-corrected chi connectivity index (χ2v) is 5.11. The largest absolute Gasteiger partial charge is 0.497 e. The molecule has 2 N–H and O–H groups in total. The van der Waals surface area contributed by atoms with Gasteiger partial charge in [0.25, 0.3) is 5.91 Å². The van der Waals surface area contributed by atoms with Gasteiger partial charge in [-0.15, -0.1) is 0 Å². The molecule has 0 aliphatic rings. The smallest absolute Gasteiger partial charge is 0.262 e. The fraction of sp³-hybridized carbons (Fsp3) is 0.111. The highest BCUT2D eigenvalue weighted by molar-refractivity contribution is 5.92. The zero-order valence-electron chi connectivity index (χ0n) is 13.0. The molecule has 0 bridgehead atoms. The molecule has 0 aliphatic heterocycles. The minimum absolute atomic E-state index is 0.173. The molecule has 3 aromatic rings. The third kappa shape index (κ3) is 3.55. The fourth-order valence-electron chi connectivity index (χ4n) is 2.31. The quantitative estimate of drug-likeness (QED) is 0.756. The maximum absolute atomic E-state index is 12.0. The second-order valence-electron chi connectivity index (χ2n) is 5.11. The van der Waals surface area contributed by atoms with E-state index in [4.69, 9.17) is 9.47 Å². The van der Waals surface area contributed by atoms with E-state index in [0.29, 0.717) is 22.7 Å². The number of hydrogen-bond donors (Lipinski definition) is 2. The number of amides is 1. The zero-order valence-corrected chi connectivity index (χ0v) is 13.0. The lowest BCUT2D eigenvalue weighted by Crippen LogP contribution is -2.20. The van der Waals surface area contributed by atoms with Crippen molar-refractivity contribution in [3.05, 3.63) is 65.0 Å². The van der Waals surface area contributed by atoms with Crippen LogP contribution in [0.25, 0.3) is 10.9 Å². The van der Waals surface area contributed by atoms with Gasteiger partial charge >= 0.3 is 0 Å². The molecule has 0 spiro atoms. The summed E-state index contributed by atoms with van der Waals surface area (Å²) in [6.45, 7) is -0.173. The topological polar surface area (TPSA) is 80.4 Å². The first-order valence-corrected chi connectivity index (χ1v) is 7.34. The van der Waals surface area contributed by atoms with Gasteiger partial charge in [0.2, 0.25) is 5.56 Å². The van der Waals surface area contributed by atoms with Crippen LogP contribution in [0.5, 0.6) is 11.5 Å². The van der Waals surface area contributed by atoms with Gasteiger partial charge in [-0.1, -0.05) is 18.2 Å². The van der Waals surface area contributed by atoms with E-state index >= 15 is 0 Å². The number of benzene rings is 2. The highest BCUT2D eigenvalue weighted by Crippen LogP contribution is 2.22. The molecule has 2 aromatic carbocycles. The Hall–Kier alpha value is -3.28. The number of carbonyl (C=O) groups excluding carboxylic acids is 1. The number of para-hydroxylation sites is 1. The van der Waals surface area contributed by atoms with E-state index in [2.05, 4.69) is 10.3 Å². The Bertz CT molecular complexity index is 933. The average Bonchev–Trinajstić information content (AvgIpc) is 2.60. The van der Waals surface area contributed by atoms with Crippen LogP contribution in [-0.4, -0.2) is 24.6 Å². The summed E-state index contributed by atoms with van der Waals surface area (Å²) in [5.41, 5.74) is 0.966. The van der Waals surface area contributed by atoms with Gasteiger partial charge in [-0.2, -0.15) is 0 Å². The summed E-state index contributed by atoms with van der Waals surface area (Å²) in [4.78, 5) is 26.2. The number of fused-ring (bicyclic) bond motifs is 1. The Labute approximate surface area is 138 Å². The lowest BCUT2D eigenvalue weighted by molar-refractivity contribution is -0.118. The van der Waals surface area contributed by atoms with E-state index in [1.165, 1.54) is 6.07 Å². The first-order valence-electron chi connectivity index (χ1n) is 7.34. The summed E-state index contributed by atoms with van der Waals surface area (Å²) in [6, 6.07) is 15.6. The second kappa shape index (κ2) is 6.87. The number of methoxy groups -OCH3 is 1. The summed E-state index contributed by atoms with van der Waals surface area (Å²) in [5.74, 6) is 0.796. The Morgan fingerprint density at radius 3 is 2.79 bits per heavy atom. The predicted molar refractivity (Wildman–Crippen MR) is 91.7 cm³/mol. The molecule has 0 fully saturated rings. The minimum Gasteiger partial charge on any atom is -0.497 e. The molecule has 6 nitrogen and oxygen atoms in total. The molecule has 0 aliphatic carbocycles. The lowest BCUT2D eigenvalue weighted by Gasteiger charge is -2.10. The summed E-state index contributed by atoms with van der Waals surface area (Å²) in [5, 5.41) is 3.56. The average molecular weight is 324 g/mol. The Morgan fingerprint density at radius 1 is 1.12 bits per heavy atom. The van der Waals surface area contributed by atoms with Crippen molar-refractivity contribution >= 4 is 22.5 Å². The van der Waals surface area contributed by atoms with Crippen LogP contribution in [0, 0.1) is 0 Å². The molecular weight excluding hydrogens is 308 g/mol.